The quantitative estimate of drug-likeness (QED) is 0.183. The second-order valence-corrected chi connectivity index (χ2v) is 13.7. The first-order chi connectivity index (χ1) is 24.8. The summed E-state index contributed by atoms with van der Waals surface area (Å²) in [6.07, 6.45) is 0. The number of hydrogen-bond donors (Lipinski definition) is 0. The van der Waals surface area contributed by atoms with E-state index in [2.05, 4.69) is 186 Å². The zero-order valence-corrected chi connectivity index (χ0v) is 27.8. The monoisotopic (exact) mass is 658 g/mol. The summed E-state index contributed by atoms with van der Waals surface area (Å²) < 4.78 is 9.31. The third-order valence-corrected chi connectivity index (χ3v) is 10.7. The molecule has 2 heterocycles. The molecule has 0 aliphatic carbocycles. The molecule has 0 amide bonds. The van der Waals surface area contributed by atoms with Crippen molar-refractivity contribution in [1.29, 1.82) is 0 Å². The van der Waals surface area contributed by atoms with Gasteiger partial charge in [0.05, 0.1) is 22.7 Å². The molecule has 9 aromatic rings. The van der Waals surface area contributed by atoms with Crippen LogP contribution in [0.25, 0.3) is 42.1 Å². The van der Waals surface area contributed by atoms with Gasteiger partial charge in [0, 0.05) is 43.0 Å². The van der Waals surface area contributed by atoms with Gasteiger partial charge in [0.1, 0.15) is 0 Å². The van der Waals surface area contributed by atoms with Crippen LogP contribution in [0.1, 0.15) is 0 Å². The fourth-order valence-corrected chi connectivity index (χ4v) is 8.44. The molecule has 0 atom stereocenters. The standard InChI is InChI=1S/C46H30N2OS/c1-2-12-31(13-3-1)33-16-10-17-34(28-33)47(40-21-11-15-32-14-4-5-18-37(32)40)35-25-27-42-44(29-35)49-43-22-8-7-20-41(43)48(42)36-24-26-39-38-19-6-9-23-45(38)50-46(39)30-36/h1-30H. The van der Waals surface area contributed by atoms with Crippen LogP contribution in [0, 0.1) is 0 Å². The second kappa shape index (κ2) is 11.7. The lowest BCUT2D eigenvalue weighted by Crippen LogP contribution is -2.17. The lowest BCUT2D eigenvalue weighted by Gasteiger charge is -2.34. The number of nitrogens with zero attached hydrogens (tertiary/aromatic N) is 2. The molecular weight excluding hydrogens is 629 g/mol. The van der Waals surface area contributed by atoms with Gasteiger partial charge in [0.25, 0.3) is 0 Å². The summed E-state index contributed by atoms with van der Waals surface area (Å²) in [7, 11) is 0. The van der Waals surface area contributed by atoms with E-state index in [-0.39, 0.29) is 0 Å². The number of ether oxygens (including phenoxy) is 1. The van der Waals surface area contributed by atoms with Crippen LogP contribution in [-0.4, -0.2) is 0 Å². The number of fused-ring (bicyclic) bond motifs is 6. The smallest absolute Gasteiger partial charge is 0.153 e. The van der Waals surface area contributed by atoms with E-state index >= 15 is 0 Å². The van der Waals surface area contributed by atoms with E-state index in [4.69, 9.17) is 4.74 Å². The molecule has 8 aromatic carbocycles. The predicted octanol–water partition coefficient (Wildman–Crippen LogP) is 13.9. The molecule has 0 unspecified atom stereocenters. The molecule has 0 bridgehead atoms. The molecule has 1 aliphatic rings. The Morgan fingerprint density at radius 2 is 1.14 bits per heavy atom. The van der Waals surface area contributed by atoms with Crippen LogP contribution < -0.4 is 14.5 Å². The normalized spacial score (nSPS) is 12.1. The molecule has 3 nitrogen and oxygen atoms in total. The van der Waals surface area contributed by atoms with E-state index in [9.17, 15) is 0 Å². The van der Waals surface area contributed by atoms with Gasteiger partial charge in [-0.15, -0.1) is 11.3 Å². The van der Waals surface area contributed by atoms with Crippen LogP contribution in [0.5, 0.6) is 11.5 Å². The number of thiophene rings is 1. The maximum atomic E-state index is 6.74. The van der Waals surface area contributed by atoms with Gasteiger partial charge in [-0.25, -0.2) is 0 Å². The fourth-order valence-electron chi connectivity index (χ4n) is 7.30. The van der Waals surface area contributed by atoms with E-state index in [1.165, 1.54) is 42.1 Å². The Morgan fingerprint density at radius 3 is 2.08 bits per heavy atom. The Bertz CT molecular complexity index is 2710. The largest absolute Gasteiger partial charge is 0.453 e. The Morgan fingerprint density at radius 1 is 0.440 bits per heavy atom. The topological polar surface area (TPSA) is 15.7 Å². The zero-order valence-electron chi connectivity index (χ0n) is 27.0. The van der Waals surface area contributed by atoms with Gasteiger partial charge in [-0.05, 0) is 77.2 Å². The number of benzene rings is 8. The molecule has 1 aliphatic heterocycles. The molecule has 0 spiro atoms. The zero-order chi connectivity index (χ0) is 33.0. The molecule has 10 rings (SSSR count). The van der Waals surface area contributed by atoms with Crippen LogP contribution in [0.3, 0.4) is 0 Å². The highest BCUT2D eigenvalue weighted by Gasteiger charge is 2.28. The Hall–Kier alpha value is -6.36. The maximum Gasteiger partial charge on any atom is 0.153 e. The molecule has 4 heteroatoms. The van der Waals surface area contributed by atoms with Gasteiger partial charge in [0.2, 0.25) is 0 Å². The summed E-state index contributed by atoms with van der Waals surface area (Å²) >= 11 is 1.84. The van der Waals surface area contributed by atoms with Crippen molar-refractivity contribution in [3.8, 4) is 22.6 Å². The Labute approximate surface area is 294 Å². The summed E-state index contributed by atoms with van der Waals surface area (Å²) in [5, 5.41) is 4.97. The number of rotatable bonds is 5. The van der Waals surface area contributed by atoms with Crippen molar-refractivity contribution in [3.05, 3.63) is 182 Å². The highest BCUT2D eigenvalue weighted by Crippen LogP contribution is 2.53. The molecule has 236 valence electrons. The molecular formula is C46H30N2OS. The summed E-state index contributed by atoms with van der Waals surface area (Å²) in [5.74, 6) is 1.64. The minimum atomic E-state index is 0.807. The van der Waals surface area contributed by atoms with Crippen molar-refractivity contribution in [2.45, 2.75) is 0 Å². The van der Waals surface area contributed by atoms with Gasteiger partial charge >= 0.3 is 0 Å². The first-order valence-electron chi connectivity index (χ1n) is 16.8. The molecule has 0 fully saturated rings. The number of anilines is 6. The summed E-state index contributed by atoms with van der Waals surface area (Å²) in [6.45, 7) is 0. The summed E-state index contributed by atoms with van der Waals surface area (Å²) in [4.78, 5) is 4.69. The highest BCUT2D eigenvalue weighted by molar-refractivity contribution is 7.25. The minimum Gasteiger partial charge on any atom is -0.453 e. The minimum absolute atomic E-state index is 0.807. The SMILES string of the molecule is c1ccc(-c2cccc(N(c3ccc4c(c3)Oc3ccccc3N4c3ccc4c(c3)sc3ccccc34)c3cccc4ccccc34)c2)cc1. The second-order valence-electron chi connectivity index (χ2n) is 12.6. The molecule has 0 radical (unpaired) electrons. The van der Waals surface area contributed by atoms with Gasteiger partial charge in [0.15, 0.2) is 11.5 Å². The van der Waals surface area contributed by atoms with Gasteiger partial charge in [-0.1, -0.05) is 115 Å². The lowest BCUT2D eigenvalue weighted by molar-refractivity contribution is 0.477. The molecule has 0 saturated carbocycles. The van der Waals surface area contributed by atoms with E-state index < -0.39 is 0 Å². The van der Waals surface area contributed by atoms with Crippen LogP contribution in [0.4, 0.5) is 34.1 Å². The summed E-state index contributed by atoms with van der Waals surface area (Å²) in [6, 6.07) is 64.9. The van der Waals surface area contributed by atoms with Crippen LogP contribution >= 0.6 is 11.3 Å². The van der Waals surface area contributed by atoms with Crippen molar-refractivity contribution in [1.82, 2.24) is 0 Å². The van der Waals surface area contributed by atoms with E-state index in [0.717, 1.165) is 45.6 Å². The predicted molar refractivity (Wildman–Crippen MR) is 212 cm³/mol. The van der Waals surface area contributed by atoms with Crippen LogP contribution in [0.2, 0.25) is 0 Å². The Kier molecular flexibility index (Phi) is 6.68. The highest BCUT2D eigenvalue weighted by atomic mass is 32.1. The Balaban J connectivity index is 1.15. The molecule has 1 aromatic heterocycles. The first kappa shape index (κ1) is 28.6. The molecule has 50 heavy (non-hydrogen) atoms. The van der Waals surface area contributed by atoms with Gasteiger partial charge in [-0.3, -0.25) is 0 Å². The lowest BCUT2D eigenvalue weighted by atomic mass is 10.0. The van der Waals surface area contributed by atoms with E-state index in [0.29, 0.717) is 0 Å². The van der Waals surface area contributed by atoms with Crippen LogP contribution in [0.15, 0.2) is 182 Å². The van der Waals surface area contributed by atoms with Crippen molar-refractivity contribution in [2.75, 3.05) is 9.80 Å². The number of para-hydroxylation sites is 2. The number of hydrogen-bond acceptors (Lipinski definition) is 4. The van der Waals surface area contributed by atoms with E-state index in [1.54, 1.807) is 0 Å². The van der Waals surface area contributed by atoms with Crippen molar-refractivity contribution in [3.63, 3.8) is 0 Å². The van der Waals surface area contributed by atoms with Crippen molar-refractivity contribution >= 4 is 76.4 Å². The fraction of sp³-hybridized carbons (Fsp3) is 0. The average molecular weight is 659 g/mol. The van der Waals surface area contributed by atoms with Crippen molar-refractivity contribution < 1.29 is 4.74 Å². The summed E-state index contributed by atoms with van der Waals surface area (Å²) in [5.41, 5.74) is 8.68. The third kappa shape index (κ3) is 4.73. The van der Waals surface area contributed by atoms with E-state index in [1.807, 2.05) is 17.4 Å². The van der Waals surface area contributed by atoms with Crippen LogP contribution in [-0.2, 0) is 0 Å². The van der Waals surface area contributed by atoms with Gasteiger partial charge in [-0.2, -0.15) is 0 Å². The van der Waals surface area contributed by atoms with Gasteiger partial charge < -0.3 is 14.5 Å². The first-order valence-corrected chi connectivity index (χ1v) is 17.7. The third-order valence-electron chi connectivity index (χ3n) is 9.61. The molecule has 0 N–H and O–H groups in total. The van der Waals surface area contributed by atoms with Crippen molar-refractivity contribution in [2.24, 2.45) is 0 Å². The maximum absolute atomic E-state index is 6.74. The molecule has 0 saturated heterocycles. The average Bonchev–Trinajstić information content (AvgIpc) is 3.55.